The molecule has 0 saturated carbocycles. The topological polar surface area (TPSA) is 44.8 Å². The summed E-state index contributed by atoms with van der Waals surface area (Å²) in [7, 11) is 0. The van der Waals surface area contributed by atoms with Crippen LogP contribution in [0.25, 0.3) is 6.08 Å². The zero-order valence-electron chi connectivity index (χ0n) is 20.1. The van der Waals surface area contributed by atoms with E-state index in [0.717, 1.165) is 34.1 Å². The molecular formula is C27H33Cl2N3O2S. The van der Waals surface area contributed by atoms with Crippen molar-refractivity contribution in [1.82, 2.24) is 9.80 Å². The second kappa shape index (κ2) is 13.0. The summed E-state index contributed by atoms with van der Waals surface area (Å²) in [5.41, 5.74) is 1.86. The van der Waals surface area contributed by atoms with Crippen molar-refractivity contribution in [3.8, 4) is 0 Å². The number of rotatable bonds is 8. The number of morpholine rings is 1. The fraction of sp³-hybridized carbons (Fsp3) is 0.444. The lowest BCUT2D eigenvalue weighted by Crippen LogP contribution is -2.39. The summed E-state index contributed by atoms with van der Waals surface area (Å²) in [6.45, 7) is 8.13. The van der Waals surface area contributed by atoms with E-state index < -0.39 is 0 Å². The van der Waals surface area contributed by atoms with Gasteiger partial charge in [-0.05, 0) is 61.7 Å². The van der Waals surface area contributed by atoms with Crippen molar-refractivity contribution in [2.24, 2.45) is 0 Å². The van der Waals surface area contributed by atoms with Gasteiger partial charge in [0.15, 0.2) is 0 Å². The van der Waals surface area contributed by atoms with Gasteiger partial charge in [0.25, 0.3) is 0 Å². The van der Waals surface area contributed by atoms with Crippen LogP contribution in [0.15, 0.2) is 52.3 Å². The molecule has 2 aliphatic rings. The number of carbonyl (C=O) groups is 1. The fourth-order valence-electron chi connectivity index (χ4n) is 4.43. The molecule has 1 N–H and O–H groups in total. The van der Waals surface area contributed by atoms with Gasteiger partial charge in [0.1, 0.15) is 0 Å². The highest BCUT2D eigenvalue weighted by Gasteiger charge is 2.19. The zero-order valence-corrected chi connectivity index (χ0v) is 22.5. The van der Waals surface area contributed by atoms with Gasteiger partial charge in [-0.25, -0.2) is 0 Å². The van der Waals surface area contributed by atoms with Crippen molar-refractivity contribution in [3.05, 3.63) is 58.1 Å². The number of likely N-dealkylation sites (tertiary alicyclic amines) is 1. The molecule has 1 amide bonds. The van der Waals surface area contributed by atoms with E-state index >= 15 is 0 Å². The molecule has 8 heteroatoms. The van der Waals surface area contributed by atoms with Gasteiger partial charge in [0.2, 0.25) is 5.91 Å². The van der Waals surface area contributed by atoms with Gasteiger partial charge < -0.3 is 19.9 Å². The third kappa shape index (κ3) is 7.40. The molecule has 2 heterocycles. The minimum absolute atomic E-state index is 0.0423. The van der Waals surface area contributed by atoms with E-state index in [1.807, 2.05) is 12.1 Å². The van der Waals surface area contributed by atoms with Gasteiger partial charge in [-0.1, -0.05) is 54.0 Å². The molecule has 0 spiro atoms. The monoisotopic (exact) mass is 533 g/mol. The van der Waals surface area contributed by atoms with Crippen LogP contribution in [-0.4, -0.2) is 67.7 Å². The molecule has 35 heavy (non-hydrogen) atoms. The summed E-state index contributed by atoms with van der Waals surface area (Å²) in [4.78, 5) is 18.7. The Labute approximate surface area is 222 Å². The number of ether oxygens (including phenoxy) is 1. The minimum Gasteiger partial charge on any atom is -0.382 e. The van der Waals surface area contributed by atoms with Crippen LogP contribution in [0, 0.1) is 0 Å². The van der Waals surface area contributed by atoms with Gasteiger partial charge in [0, 0.05) is 53.8 Å². The molecule has 0 aromatic heterocycles. The van der Waals surface area contributed by atoms with Gasteiger partial charge in [0.05, 0.1) is 23.3 Å². The Bertz CT molecular complexity index is 1040. The molecule has 2 aromatic rings. The molecule has 0 bridgehead atoms. The van der Waals surface area contributed by atoms with Crippen LogP contribution in [-0.2, 0) is 9.53 Å². The SMILES string of the molecule is CCCN1CCC(Nc2cccc(Sc3ccc(/C=C/C(=O)N4CCOCC4)c(Cl)c3Cl)c2)CC1. The summed E-state index contributed by atoms with van der Waals surface area (Å²) in [6, 6.07) is 12.8. The lowest BCUT2D eigenvalue weighted by Gasteiger charge is -2.32. The first kappa shape index (κ1) is 26.4. The Balaban J connectivity index is 1.37. The molecule has 0 atom stereocenters. The predicted octanol–water partition coefficient (Wildman–Crippen LogP) is 6.30. The maximum Gasteiger partial charge on any atom is 0.246 e. The molecule has 2 aliphatic heterocycles. The number of halogens is 2. The van der Waals surface area contributed by atoms with E-state index in [4.69, 9.17) is 27.9 Å². The number of carbonyl (C=O) groups excluding carboxylic acids is 1. The number of benzene rings is 2. The van der Waals surface area contributed by atoms with Crippen molar-refractivity contribution in [3.63, 3.8) is 0 Å². The first-order valence-corrected chi connectivity index (χ1v) is 13.9. The molecule has 2 saturated heterocycles. The van der Waals surface area contributed by atoms with E-state index in [1.165, 1.54) is 25.8 Å². The number of hydrogen-bond acceptors (Lipinski definition) is 5. The van der Waals surface area contributed by atoms with Crippen LogP contribution < -0.4 is 5.32 Å². The van der Waals surface area contributed by atoms with Crippen LogP contribution in [0.4, 0.5) is 5.69 Å². The third-order valence-corrected chi connectivity index (χ3v) is 8.42. The van der Waals surface area contributed by atoms with Crippen LogP contribution in [0.1, 0.15) is 31.7 Å². The number of amides is 1. The predicted molar refractivity (Wildman–Crippen MR) is 147 cm³/mol. The van der Waals surface area contributed by atoms with E-state index in [9.17, 15) is 4.79 Å². The summed E-state index contributed by atoms with van der Waals surface area (Å²) in [5, 5.41) is 4.66. The van der Waals surface area contributed by atoms with Crippen LogP contribution in [0.3, 0.4) is 0 Å². The van der Waals surface area contributed by atoms with Gasteiger partial charge >= 0.3 is 0 Å². The van der Waals surface area contributed by atoms with Gasteiger partial charge in [-0.15, -0.1) is 0 Å². The highest BCUT2D eigenvalue weighted by atomic mass is 35.5. The Hall–Kier alpha value is -1.70. The standard InChI is InChI=1S/C27H33Cl2N3O2S/c1-2-12-31-13-10-21(11-14-31)30-22-4-3-5-23(19-22)35-24-8-6-20(26(28)27(24)29)7-9-25(33)32-15-17-34-18-16-32/h3-9,19,21,30H,2,10-18H2,1H3/b9-7+. The quantitative estimate of drug-likeness (QED) is 0.403. The second-order valence-corrected chi connectivity index (χ2v) is 10.8. The normalized spacial score (nSPS) is 17.7. The fourth-order valence-corrected chi connectivity index (χ4v) is 5.92. The second-order valence-electron chi connectivity index (χ2n) is 8.94. The third-order valence-electron chi connectivity index (χ3n) is 6.37. The van der Waals surface area contributed by atoms with E-state index in [1.54, 1.807) is 28.8 Å². The molecule has 0 radical (unpaired) electrons. The van der Waals surface area contributed by atoms with Crippen molar-refractivity contribution in [2.75, 3.05) is 51.3 Å². The Kier molecular flexibility index (Phi) is 9.81. The lowest BCUT2D eigenvalue weighted by atomic mass is 10.0. The number of nitrogens with one attached hydrogen (secondary N) is 1. The maximum atomic E-state index is 12.4. The highest BCUT2D eigenvalue weighted by molar-refractivity contribution is 7.99. The number of nitrogens with zero attached hydrogens (tertiary/aromatic N) is 2. The van der Waals surface area contributed by atoms with Crippen LogP contribution in [0.5, 0.6) is 0 Å². The molecule has 4 rings (SSSR count). The summed E-state index contributed by atoms with van der Waals surface area (Å²) >= 11 is 14.8. The zero-order chi connectivity index (χ0) is 24.6. The average Bonchev–Trinajstić information content (AvgIpc) is 2.88. The molecule has 0 unspecified atom stereocenters. The van der Waals surface area contributed by atoms with Crippen LogP contribution in [0.2, 0.25) is 10.0 Å². The summed E-state index contributed by atoms with van der Waals surface area (Å²) in [5.74, 6) is -0.0423. The molecule has 5 nitrogen and oxygen atoms in total. The minimum atomic E-state index is -0.0423. The highest BCUT2D eigenvalue weighted by Crippen LogP contribution is 2.40. The van der Waals surface area contributed by atoms with Gasteiger partial charge in [-0.2, -0.15) is 0 Å². The van der Waals surface area contributed by atoms with E-state index in [2.05, 4.69) is 41.4 Å². The van der Waals surface area contributed by atoms with Crippen molar-refractivity contribution < 1.29 is 9.53 Å². The Morgan fingerprint density at radius 2 is 1.89 bits per heavy atom. The molecule has 188 valence electrons. The van der Waals surface area contributed by atoms with Crippen molar-refractivity contribution in [1.29, 1.82) is 0 Å². The Morgan fingerprint density at radius 1 is 1.11 bits per heavy atom. The number of piperidine rings is 1. The first-order chi connectivity index (χ1) is 17.0. The van der Waals surface area contributed by atoms with Gasteiger partial charge in [-0.3, -0.25) is 4.79 Å². The molecule has 2 aromatic carbocycles. The van der Waals surface area contributed by atoms with Crippen LogP contribution >= 0.6 is 35.0 Å². The number of anilines is 1. The first-order valence-electron chi connectivity index (χ1n) is 12.3. The van der Waals surface area contributed by atoms with Crippen molar-refractivity contribution in [2.45, 2.75) is 42.0 Å². The average molecular weight is 535 g/mol. The van der Waals surface area contributed by atoms with Crippen molar-refractivity contribution >= 4 is 52.6 Å². The number of hydrogen-bond donors (Lipinski definition) is 1. The molecule has 2 fully saturated rings. The summed E-state index contributed by atoms with van der Waals surface area (Å²) < 4.78 is 5.30. The summed E-state index contributed by atoms with van der Waals surface area (Å²) in [6.07, 6.45) is 6.84. The Morgan fingerprint density at radius 3 is 2.63 bits per heavy atom. The smallest absolute Gasteiger partial charge is 0.246 e. The largest absolute Gasteiger partial charge is 0.382 e. The van der Waals surface area contributed by atoms with E-state index in [0.29, 0.717) is 42.4 Å². The maximum absolute atomic E-state index is 12.4. The lowest BCUT2D eigenvalue weighted by molar-refractivity contribution is -0.129. The molecule has 0 aliphatic carbocycles. The molecular weight excluding hydrogens is 501 g/mol. The van der Waals surface area contributed by atoms with E-state index in [-0.39, 0.29) is 5.91 Å².